The van der Waals surface area contributed by atoms with Crippen molar-refractivity contribution in [1.29, 1.82) is 0 Å². The van der Waals surface area contributed by atoms with E-state index in [0.29, 0.717) is 4.48 Å². The van der Waals surface area contributed by atoms with Crippen molar-refractivity contribution in [2.24, 2.45) is 0 Å². The summed E-state index contributed by atoms with van der Waals surface area (Å²) in [4.78, 5) is 6.49. The van der Waals surface area contributed by atoms with Gasteiger partial charge in [0.2, 0.25) is 0 Å². The fourth-order valence-electron chi connectivity index (χ4n) is 2.73. The first-order valence-corrected chi connectivity index (χ1v) is 4.34. The lowest BCUT2D eigenvalue weighted by Gasteiger charge is -2.60. The average Bonchev–Trinajstić information content (AvgIpc) is 1.98. The van der Waals surface area contributed by atoms with Gasteiger partial charge >= 0.3 is 0 Å². The van der Waals surface area contributed by atoms with Gasteiger partial charge in [0.15, 0.2) is 0 Å². The highest BCUT2D eigenvalue weighted by molar-refractivity contribution is 4.74. The second-order valence-corrected chi connectivity index (χ2v) is 4.43. The van der Waals surface area contributed by atoms with Gasteiger partial charge in [-0.2, -0.15) is 9.29 Å². The average molecular weight is 173 g/mol. The van der Waals surface area contributed by atoms with Gasteiger partial charge in [-0.1, -0.05) is 0 Å². The summed E-state index contributed by atoms with van der Waals surface area (Å²) in [7, 11) is 2.00. The first kappa shape index (κ1) is 7.20. The van der Waals surface area contributed by atoms with E-state index in [2.05, 4.69) is 9.80 Å². The molecule has 0 amide bonds. The van der Waals surface area contributed by atoms with Gasteiger partial charge in [0.25, 0.3) is 6.42 Å². The molecule has 3 unspecified atom stereocenters. The molecule has 3 atom stereocenters. The molecule has 0 aromatic rings. The zero-order valence-corrected chi connectivity index (χ0v) is 7.28. The second-order valence-electron chi connectivity index (χ2n) is 4.43. The molecule has 0 radical (unpaired) electrons. The number of rotatable bonds is 0. The normalized spacial score (nSPS) is 62.5. The second kappa shape index (κ2) is 1.98. The van der Waals surface area contributed by atoms with Crippen LogP contribution in [0.1, 0.15) is 0 Å². The Bertz CT molecular complexity index is 207. The number of nitrogens with zero attached hydrogens (tertiary/aromatic N) is 4. The maximum absolute atomic E-state index is 13.7. The molecule has 4 aliphatic heterocycles. The third-order valence-corrected chi connectivity index (χ3v) is 3.03. The van der Waals surface area contributed by atoms with Crippen molar-refractivity contribution in [2.45, 2.75) is 6.42 Å². The molecule has 5 heteroatoms. The fourth-order valence-corrected chi connectivity index (χ4v) is 2.73. The molecular weight excluding hydrogens is 159 g/mol. The van der Waals surface area contributed by atoms with E-state index in [9.17, 15) is 4.39 Å². The van der Waals surface area contributed by atoms with Crippen molar-refractivity contribution >= 4 is 0 Å². The standard InChI is InChI=1S/C7H14FN4/c1-12-5-9-2-10(6-12)4-11(3-9)7(12)8/h7H,2-6H2,1H3/q+1. The van der Waals surface area contributed by atoms with E-state index in [1.165, 1.54) is 0 Å². The molecule has 0 saturated carbocycles. The van der Waals surface area contributed by atoms with Crippen molar-refractivity contribution in [3.8, 4) is 0 Å². The number of quaternary nitrogens is 1. The van der Waals surface area contributed by atoms with E-state index in [4.69, 9.17) is 0 Å². The van der Waals surface area contributed by atoms with Crippen molar-refractivity contribution in [3.63, 3.8) is 0 Å². The molecule has 68 valence electrons. The van der Waals surface area contributed by atoms with Crippen LogP contribution in [0.5, 0.6) is 0 Å². The minimum absolute atomic E-state index is 0.528. The Morgan fingerprint density at radius 2 is 1.75 bits per heavy atom. The minimum Gasteiger partial charge on any atom is -0.258 e. The summed E-state index contributed by atoms with van der Waals surface area (Å²) >= 11 is 0. The summed E-state index contributed by atoms with van der Waals surface area (Å²) in [5, 5.41) is 0. The molecule has 0 aromatic carbocycles. The number of hydrogen-bond donors (Lipinski definition) is 0. The third-order valence-electron chi connectivity index (χ3n) is 3.03. The van der Waals surface area contributed by atoms with E-state index in [1.54, 1.807) is 0 Å². The van der Waals surface area contributed by atoms with Crippen LogP contribution in [0, 0.1) is 0 Å². The van der Waals surface area contributed by atoms with Crippen LogP contribution in [0.4, 0.5) is 4.39 Å². The van der Waals surface area contributed by atoms with Crippen molar-refractivity contribution in [1.82, 2.24) is 14.7 Å². The van der Waals surface area contributed by atoms with Crippen LogP contribution in [-0.4, -0.2) is 66.0 Å². The Morgan fingerprint density at radius 3 is 2.25 bits per heavy atom. The van der Waals surface area contributed by atoms with Gasteiger partial charge < -0.3 is 0 Å². The summed E-state index contributed by atoms with van der Waals surface area (Å²) in [5.41, 5.74) is 0. The van der Waals surface area contributed by atoms with E-state index in [0.717, 1.165) is 33.3 Å². The Balaban J connectivity index is 1.97. The van der Waals surface area contributed by atoms with E-state index in [-0.39, 0.29) is 0 Å². The van der Waals surface area contributed by atoms with E-state index >= 15 is 0 Å². The van der Waals surface area contributed by atoms with Crippen LogP contribution in [-0.2, 0) is 0 Å². The van der Waals surface area contributed by atoms with E-state index < -0.39 is 6.42 Å². The maximum Gasteiger partial charge on any atom is 0.297 e. The number of hydrogen-bond acceptors (Lipinski definition) is 3. The molecule has 4 heterocycles. The van der Waals surface area contributed by atoms with Gasteiger partial charge in [-0.25, -0.2) is 9.80 Å². The molecule has 0 N–H and O–H groups in total. The highest BCUT2D eigenvalue weighted by Gasteiger charge is 2.53. The smallest absolute Gasteiger partial charge is 0.258 e. The molecule has 4 rings (SSSR count). The van der Waals surface area contributed by atoms with Gasteiger partial charge in [0.05, 0.1) is 27.1 Å². The molecule has 4 bridgehead atoms. The predicted molar refractivity (Wildman–Crippen MR) is 40.9 cm³/mol. The zero-order valence-electron chi connectivity index (χ0n) is 7.28. The molecule has 12 heavy (non-hydrogen) atoms. The lowest BCUT2D eigenvalue weighted by Crippen LogP contribution is -2.81. The van der Waals surface area contributed by atoms with Crippen molar-refractivity contribution in [2.75, 3.05) is 40.4 Å². The minimum atomic E-state index is -0.780. The summed E-state index contributed by atoms with van der Waals surface area (Å²) < 4.78 is 14.2. The third kappa shape index (κ3) is 0.744. The summed E-state index contributed by atoms with van der Waals surface area (Å²) in [5.74, 6) is 0. The molecule has 0 spiro atoms. The van der Waals surface area contributed by atoms with Gasteiger partial charge in [-0.15, -0.1) is 0 Å². The number of halogens is 1. The summed E-state index contributed by atoms with van der Waals surface area (Å²) in [6.45, 7) is 4.39. The van der Waals surface area contributed by atoms with Crippen LogP contribution in [0.25, 0.3) is 0 Å². The van der Waals surface area contributed by atoms with Crippen LogP contribution in [0.2, 0.25) is 0 Å². The Hall–Kier alpha value is -0.230. The maximum atomic E-state index is 13.7. The van der Waals surface area contributed by atoms with Crippen LogP contribution < -0.4 is 0 Å². The quantitative estimate of drug-likeness (QED) is 0.358. The lowest BCUT2D eigenvalue weighted by atomic mass is 10.3. The zero-order chi connectivity index (χ0) is 8.34. The number of alkyl halides is 1. The lowest BCUT2D eigenvalue weighted by molar-refractivity contribution is -1.00. The van der Waals surface area contributed by atoms with Gasteiger partial charge in [0, 0.05) is 0 Å². The van der Waals surface area contributed by atoms with Crippen LogP contribution >= 0.6 is 0 Å². The van der Waals surface area contributed by atoms with Crippen LogP contribution in [0.3, 0.4) is 0 Å². The first-order chi connectivity index (χ1) is 5.67. The Morgan fingerprint density at radius 1 is 1.17 bits per heavy atom. The highest BCUT2D eigenvalue weighted by Crippen LogP contribution is 2.32. The summed E-state index contributed by atoms with van der Waals surface area (Å²) in [6, 6.07) is 0. The van der Waals surface area contributed by atoms with Gasteiger partial charge in [-0.05, 0) is 0 Å². The molecule has 4 fully saturated rings. The first-order valence-electron chi connectivity index (χ1n) is 4.34. The molecule has 4 saturated heterocycles. The predicted octanol–water partition coefficient (Wildman–Crippen LogP) is -0.580. The molecule has 0 aromatic heterocycles. The van der Waals surface area contributed by atoms with Gasteiger partial charge in [0.1, 0.15) is 13.3 Å². The monoisotopic (exact) mass is 173 g/mol. The van der Waals surface area contributed by atoms with Crippen molar-refractivity contribution in [3.05, 3.63) is 0 Å². The van der Waals surface area contributed by atoms with Crippen LogP contribution in [0.15, 0.2) is 0 Å². The topological polar surface area (TPSA) is 9.72 Å². The Kier molecular flexibility index (Phi) is 1.19. The SMILES string of the molecule is C[N+]12CN3CN(CN(C3)C1F)C2. The van der Waals surface area contributed by atoms with Crippen molar-refractivity contribution < 1.29 is 8.87 Å². The van der Waals surface area contributed by atoms with Gasteiger partial charge in [-0.3, -0.25) is 4.48 Å². The largest absolute Gasteiger partial charge is 0.297 e. The molecule has 4 aliphatic rings. The molecule has 0 aliphatic carbocycles. The summed E-state index contributed by atoms with van der Waals surface area (Å²) in [6.07, 6.45) is -0.780. The molecule has 4 nitrogen and oxygen atoms in total. The molecular formula is C7H14FN4+. The van der Waals surface area contributed by atoms with E-state index in [1.807, 2.05) is 11.9 Å². The Labute approximate surface area is 71.3 Å². The fraction of sp³-hybridized carbons (Fsp3) is 1.00. The highest BCUT2D eigenvalue weighted by atomic mass is 19.1.